The number of hydrogen-bond acceptors (Lipinski definition) is 7. The van der Waals surface area contributed by atoms with Crippen molar-refractivity contribution in [2.24, 2.45) is 0 Å². The number of amides is 1. The van der Waals surface area contributed by atoms with Gasteiger partial charge < -0.3 is 19.5 Å². The highest BCUT2D eigenvalue weighted by Crippen LogP contribution is 2.32. The lowest BCUT2D eigenvalue weighted by atomic mass is 10.0. The molecule has 1 aliphatic heterocycles. The maximum Gasteiger partial charge on any atom is 0.251 e. The van der Waals surface area contributed by atoms with Crippen molar-refractivity contribution in [1.29, 1.82) is 0 Å². The van der Waals surface area contributed by atoms with E-state index in [0.717, 1.165) is 24.2 Å². The van der Waals surface area contributed by atoms with Crippen molar-refractivity contribution in [3.05, 3.63) is 47.5 Å². The van der Waals surface area contributed by atoms with E-state index in [1.54, 1.807) is 32.4 Å². The number of nitrogens with zero attached hydrogens (tertiary/aromatic N) is 3. The fraction of sp³-hybridized carbons (Fsp3) is 0.381. The maximum atomic E-state index is 12.8. The third kappa shape index (κ3) is 4.22. The van der Waals surface area contributed by atoms with Gasteiger partial charge in [0, 0.05) is 25.2 Å². The summed E-state index contributed by atoms with van der Waals surface area (Å²) in [6.45, 7) is 3.37. The molecule has 1 aliphatic rings. The second-order valence-corrected chi connectivity index (χ2v) is 7.02. The van der Waals surface area contributed by atoms with E-state index in [2.05, 4.69) is 25.6 Å². The number of fused-ring (bicyclic) bond motifs is 1. The number of hydrogen-bond donors (Lipinski definition) is 2. The molecule has 1 atom stereocenters. The predicted octanol–water partition coefficient (Wildman–Crippen LogP) is 1.78. The monoisotopic (exact) mass is 411 g/mol. The lowest BCUT2D eigenvalue weighted by molar-refractivity contribution is 0.0162. The zero-order valence-corrected chi connectivity index (χ0v) is 17.1. The first-order valence-electron chi connectivity index (χ1n) is 9.82. The quantitative estimate of drug-likeness (QED) is 0.611. The van der Waals surface area contributed by atoms with Gasteiger partial charge in [-0.1, -0.05) is 6.07 Å². The van der Waals surface area contributed by atoms with Crippen molar-refractivity contribution in [2.75, 3.05) is 47.1 Å². The lowest BCUT2D eigenvalue weighted by Gasteiger charge is -2.35. The standard InChI is InChI=1S/C21H25N5O4/c1-28-19-6-4-14(12-20(19)29-2)18(26-7-9-30-10-8-26)13-22-21(27)15-3-5-16-17(11-15)24-25-23-16/h3-6,11-12,18H,7-10,13H2,1-2H3,(H,22,27)(H,23,24,25). The molecule has 158 valence electrons. The fourth-order valence-electron chi connectivity index (χ4n) is 3.68. The number of benzene rings is 2. The smallest absolute Gasteiger partial charge is 0.251 e. The van der Waals surface area contributed by atoms with E-state index in [-0.39, 0.29) is 11.9 Å². The van der Waals surface area contributed by atoms with Crippen LogP contribution >= 0.6 is 0 Å². The second-order valence-electron chi connectivity index (χ2n) is 7.02. The van der Waals surface area contributed by atoms with Gasteiger partial charge in [-0.2, -0.15) is 15.4 Å². The van der Waals surface area contributed by atoms with E-state index in [4.69, 9.17) is 14.2 Å². The zero-order valence-electron chi connectivity index (χ0n) is 17.1. The Hall–Kier alpha value is -3.17. The number of morpholine rings is 1. The Kier molecular flexibility index (Phi) is 6.10. The molecule has 0 saturated carbocycles. The summed E-state index contributed by atoms with van der Waals surface area (Å²) < 4.78 is 16.3. The van der Waals surface area contributed by atoms with Gasteiger partial charge in [0.15, 0.2) is 11.5 Å². The molecule has 1 saturated heterocycles. The minimum atomic E-state index is -0.154. The molecule has 1 fully saturated rings. The minimum Gasteiger partial charge on any atom is -0.493 e. The number of carbonyl (C=O) groups excluding carboxylic acids is 1. The van der Waals surface area contributed by atoms with E-state index < -0.39 is 0 Å². The topological polar surface area (TPSA) is 102 Å². The maximum absolute atomic E-state index is 12.8. The molecule has 2 N–H and O–H groups in total. The molecule has 0 spiro atoms. The molecule has 1 amide bonds. The highest BCUT2D eigenvalue weighted by atomic mass is 16.5. The number of aromatic nitrogens is 3. The molecule has 1 unspecified atom stereocenters. The number of H-pyrrole nitrogens is 1. The minimum absolute atomic E-state index is 0.0200. The van der Waals surface area contributed by atoms with Crippen LogP contribution in [0.1, 0.15) is 22.0 Å². The predicted molar refractivity (Wildman–Crippen MR) is 111 cm³/mol. The highest BCUT2D eigenvalue weighted by molar-refractivity contribution is 5.97. The fourth-order valence-corrected chi connectivity index (χ4v) is 3.68. The summed E-state index contributed by atoms with van der Waals surface area (Å²) >= 11 is 0. The Labute approximate surface area is 174 Å². The van der Waals surface area contributed by atoms with Gasteiger partial charge in [-0.25, -0.2) is 0 Å². The van der Waals surface area contributed by atoms with Crippen molar-refractivity contribution in [1.82, 2.24) is 25.6 Å². The Balaban J connectivity index is 1.54. The molecule has 30 heavy (non-hydrogen) atoms. The van der Waals surface area contributed by atoms with Crippen LogP contribution in [0.5, 0.6) is 11.5 Å². The SMILES string of the molecule is COc1ccc(C(CNC(=O)c2ccc3n[nH]nc3c2)N2CCOCC2)cc1OC. The molecule has 0 aliphatic carbocycles. The van der Waals surface area contributed by atoms with Crippen molar-refractivity contribution >= 4 is 16.9 Å². The van der Waals surface area contributed by atoms with E-state index in [9.17, 15) is 4.79 Å². The van der Waals surface area contributed by atoms with Crippen LogP contribution in [0.25, 0.3) is 11.0 Å². The van der Waals surface area contributed by atoms with E-state index >= 15 is 0 Å². The first-order valence-corrected chi connectivity index (χ1v) is 9.82. The van der Waals surface area contributed by atoms with E-state index in [1.807, 2.05) is 18.2 Å². The average Bonchev–Trinajstić information content (AvgIpc) is 3.27. The number of ether oxygens (including phenoxy) is 3. The molecule has 2 heterocycles. The summed E-state index contributed by atoms with van der Waals surface area (Å²) in [6.07, 6.45) is 0. The van der Waals surface area contributed by atoms with Gasteiger partial charge in [-0.05, 0) is 35.9 Å². The van der Waals surface area contributed by atoms with Gasteiger partial charge in [0.25, 0.3) is 5.91 Å². The zero-order chi connectivity index (χ0) is 20.9. The van der Waals surface area contributed by atoms with Gasteiger partial charge in [0.2, 0.25) is 0 Å². The Morgan fingerprint density at radius 2 is 1.87 bits per heavy atom. The summed E-state index contributed by atoms with van der Waals surface area (Å²) in [5.74, 6) is 1.18. The molecule has 9 heteroatoms. The van der Waals surface area contributed by atoms with Gasteiger partial charge in [0.05, 0.1) is 33.5 Å². The van der Waals surface area contributed by atoms with Crippen LogP contribution < -0.4 is 14.8 Å². The highest BCUT2D eigenvalue weighted by Gasteiger charge is 2.24. The van der Waals surface area contributed by atoms with Crippen LogP contribution in [0.15, 0.2) is 36.4 Å². The third-order valence-corrected chi connectivity index (χ3v) is 5.31. The van der Waals surface area contributed by atoms with Crippen LogP contribution in [0.4, 0.5) is 0 Å². The van der Waals surface area contributed by atoms with Crippen LogP contribution in [-0.2, 0) is 4.74 Å². The largest absolute Gasteiger partial charge is 0.493 e. The third-order valence-electron chi connectivity index (χ3n) is 5.31. The number of nitrogens with one attached hydrogen (secondary N) is 2. The Morgan fingerprint density at radius 1 is 1.10 bits per heavy atom. The van der Waals surface area contributed by atoms with Gasteiger partial charge in [-0.15, -0.1) is 0 Å². The number of methoxy groups -OCH3 is 2. The Bertz CT molecular complexity index is 1020. The lowest BCUT2D eigenvalue weighted by Crippen LogP contribution is -2.43. The van der Waals surface area contributed by atoms with Crippen molar-refractivity contribution < 1.29 is 19.0 Å². The molecule has 4 rings (SSSR count). The summed E-state index contributed by atoms with van der Waals surface area (Å²) in [4.78, 5) is 15.1. The number of carbonyl (C=O) groups is 1. The first-order chi connectivity index (χ1) is 14.7. The number of rotatable bonds is 7. The van der Waals surface area contributed by atoms with E-state index in [0.29, 0.717) is 42.3 Å². The van der Waals surface area contributed by atoms with Crippen LogP contribution in [0, 0.1) is 0 Å². The molecule has 1 aromatic heterocycles. The van der Waals surface area contributed by atoms with Crippen LogP contribution in [0.3, 0.4) is 0 Å². The normalized spacial score (nSPS) is 15.7. The molecule has 9 nitrogen and oxygen atoms in total. The van der Waals surface area contributed by atoms with Crippen LogP contribution in [0.2, 0.25) is 0 Å². The van der Waals surface area contributed by atoms with Gasteiger partial charge >= 0.3 is 0 Å². The Morgan fingerprint density at radius 3 is 2.63 bits per heavy atom. The molecule has 3 aromatic rings. The molecule has 2 aromatic carbocycles. The summed E-state index contributed by atoms with van der Waals surface area (Å²) in [7, 11) is 3.23. The van der Waals surface area contributed by atoms with Crippen molar-refractivity contribution in [3.8, 4) is 11.5 Å². The number of aromatic amines is 1. The van der Waals surface area contributed by atoms with Gasteiger partial charge in [0.1, 0.15) is 11.0 Å². The van der Waals surface area contributed by atoms with Crippen molar-refractivity contribution in [2.45, 2.75) is 6.04 Å². The average molecular weight is 411 g/mol. The van der Waals surface area contributed by atoms with E-state index in [1.165, 1.54) is 0 Å². The van der Waals surface area contributed by atoms with Crippen molar-refractivity contribution in [3.63, 3.8) is 0 Å². The molecule has 0 radical (unpaired) electrons. The second kappa shape index (κ2) is 9.10. The summed E-state index contributed by atoms with van der Waals surface area (Å²) in [5.41, 5.74) is 2.97. The van der Waals surface area contributed by atoms with Gasteiger partial charge in [-0.3, -0.25) is 9.69 Å². The van der Waals surface area contributed by atoms with Crippen LogP contribution in [-0.4, -0.2) is 73.3 Å². The molecule has 0 bridgehead atoms. The first kappa shape index (κ1) is 20.1. The summed E-state index contributed by atoms with van der Waals surface area (Å²) in [6, 6.07) is 11.1. The molecular formula is C21H25N5O4. The molecular weight excluding hydrogens is 386 g/mol. The summed E-state index contributed by atoms with van der Waals surface area (Å²) in [5, 5.41) is 13.7.